The van der Waals surface area contributed by atoms with E-state index in [0.717, 1.165) is 70.2 Å². The first-order valence-corrected chi connectivity index (χ1v) is 12.8. The van der Waals surface area contributed by atoms with E-state index in [9.17, 15) is 4.79 Å². The van der Waals surface area contributed by atoms with E-state index in [0.29, 0.717) is 11.7 Å². The minimum Gasteiger partial charge on any atom is -0.336 e. The molecule has 8 heteroatoms. The lowest BCUT2D eigenvalue weighted by molar-refractivity contribution is 0.0776. The van der Waals surface area contributed by atoms with Crippen molar-refractivity contribution in [1.82, 2.24) is 30.0 Å². The van der Waals surface area contributed by atoms with E-state index in [-0.39, 0.29) is 5.91 Å². The average Bonchev–Trinajstić information content (AvgIpc) is 3.64. The Hall–Kier alpha value is -3.10. The second-order valence-corrected chi connectivity index (χ2v) is 10.5. The third kappa shape index (κ3) is 3.71. The molecule has 1 unspecified atom stereocenters. The van der Waals surface area contributed by atoms with Crippen LogP contribution in [0.4, 0.5) is 0 Å². The molecule has 7 nitrogen and oxygen atoms in total. The molecule has 4 aromatic rings. The van der Waals surface area contributed by atoms with E-state index in [4.69, 9.17) is 4.98 Å². The second kappa shape index (κ2) is 8.60. The summed E-state index contributed by atoms with van der Waals surface area (Å²) in [5, 5.41) is 9.57. The highest BCUT2D eigenvalue weighted by atomic mass is 32.1. The summed E-state index contributed by atoms with van der Waals surface area (Å²) < 4.78 is 0. The highest BCUT2D eigenvalue weighted by molar-refractivity contribution is 7.18. The Morgan fingerprint density at radius 1 is 1.18 bits per heavy atom. The van der Waals surface area contributed by atoms with Gasteiger partial charge in [0.25, 0.3) is 5.91 Å². The minimum atomic E-state index is 0.0132. The SMILES string of the molecule is Cc1cc(C)c2n[nH]c(-c3nc(C(=O)N4CCC(N5CCCC5)C4)c(-c4cccnc4)s3)c2c1. The van der Waals surface area contributed by atoms with E-state index in [1.54, 1.807) is 6.20 Å². The van der Waals surface area contributed by atoms with Gasteiger partial charge in [-0.25, -0.2) is 4.98 Å². The van der Waals surface area contributed by atoms with E-state index >= 15 is 0 Å². The number of carbonyl (C=O) groups excluding carboxylic acids is 1. The van der Waals surface area contributed by atoms with Gasteiger partial charge in [0.15, 0.2) is 0 Å². The number of aromatic amines is 1. The van der Waals surface area contributed by atoms with Gasteiger partial charge in [0, 0.05) is 42.5 Å². The molecular formula is C26H28N6OS. The predicted molar refractivity (Wildman–Crippen MR) is 135 cm³/mol. The first-order chi connectivity index (χ1) is 16.6. The van der Waals surface area contributed by atoms with E-state index in [2.05, 4.69) is 46.1 Å². The number of aryl methyl sites for hydroxylation is 2. The number of H-pyrrole nitrogens is 1. The van der Waals surface area contributed by atoms with Gasteiger partial charge in [-0.1, -0.05) is 17.7 Å². The summed E-state index contributed by atoms with van der Waals surface area (Å²) in [5.41, 5.74) is 5.55. The molecule has 2 aliphatic rings. The van der Waals surface area contributed by atoms with Gasteiger partial charge in [-0.2, -0.15) is 5.10 Å². The van der Waals surface area contributed by atoms with Gasteiger partial charge in [0.1, 0.15) is 16.4 Å². The number of hydrogen-bond acceptors (Lipinski definition) is 6. The predicted octanol–water partition coefficient (Wildman–Crippen LogP) is 4.68. The van der Waals surface area contributed by atoms with Gasteiger partial charge >= 0.3 is 0 Å². The Labute approximate surface area is 202 Å². The molecule has 0 saturated carbocycles. The summed E-state index contributed by atoms with van der Waals surface area (Å²) in [6.45, 7) is 8.03. The molecule has 5 heterocycles. The number of hydrogen-bond donors (Lipinski definition) is 1. The zero-order chi connectivity index (χ0) is 23.2. The molecule has 0 aliphatic carbocycles. The standard InChI is InChI=1S/C26H28N6OS/c1-16-12-17(2)21-20(13-16)22(30-29-21)25-28-23(24(34-25)18-6-5-8-27-14-18)26(33)32-11-7-19(15-32)31-9-3-4-10-31/h5-6,8,12-14,19H,3-4,7,9-11,15H2,1-2H3,(H,29,30). The quantitative estimate of drug-likeness (QED) is 0.467. The van der Waals surface area contributed by atoms with E-state index in [1.807, 2.05) is 23.2 Å². The number of likely N-dealkylation sites (tertiary alicyclic amines) is 2. The van der Waals surface area contributed by atoms with Crippen molar-refractivity contribution in [2.45, 2.75) is 39.2 Å². The topological polar surface area (TPSA) is 78.0 Å². The van der Waals surface area contributed by atoms with Gasteiger partial charge in [-0.15, -0.1) is 11.3 Å². The maximum Gasteiger partial charge on any atom is 0.274 e. The highest BCUT2D eigenvalue weighted by Gasteiger charge is 2.34. The van der Waals surface area contributed by atoms with Crippen LogP contribution in [0.15, 0.2) is 36.7 Å². The second-order valence-electron chi connectivity index (χ2n) is 9.45. The molecule has 1 aromatic carbocycles. The number of aromatic nitrogens is 4. The van der Waals surface area contributed by atoms with E-state index < -0.39 is 0 Å². The van der Waals surface area contributed by atoms with Crippen molar-refractivity contribution in [2.24, 2.45) is 0 Å². The fraction of sp³-hybridized carbons (Fsp3) is 0.385. The van der Waals surface area contributed by atoms with Gasteiger partial charge in [0.05, 0.1) is 10.4 Å². The Morgan fingerprint density at radius 3 is 2.82 bits per heavy atom. The molecule has 0 bridgehead atoms. The summed E-state index contributed by atoms with van der Waals surface area (Å²) in [6.07, 6.45) is 7.13. The molecule has 0 spiro atoms. The molecule has 34 heavy (non-hydrogen) atoms. The first kappa shape index (κ1) is 21.4. The molecular weight excluding hydrogens is 444 g/mol. The van der Waals surface area contributed by atoms with Crippen molar-refractivity contribution in [1.29, 1.82) is 0 Å². The summed E-state index contributed by atoms with van der Waals surface area (Å²) in [4.78, 5) is 28.4. The third-order valence-corrected chi connectivity index (χ3v) is 8.19. The maximum atomic E-state index is 13.8. The number of rotatable bonds is 4. The molecule has 2 fully saturated rings. The molecule has 2 aliphatic heterocycles. The van der Waals surface area contributed by atoms with Crippen molar-refractivity contribution in [3.63, 3.8) is 0 Å². The van der Waals surface area contributed by atoms with E-state index in [1.165, 1.54) is 29.7 Å². The van der Waals surface area contributed by atoms with Gasteiger partial charge in [-0.3, -0.25) is 19.8 Å². The average molecular weight is 473 g/mol. The first-order valence-electron chi connectivity index (χ1n) is 12.0. The van der Waals surface area contributed by atoms with Crippen LogP contribution in [0.25, 0.3) is 32.0 Å². The molecule has 1 atom stereocenters. The number of pyridine rings is 1. The molecule has 1 N–H and O–H groups in total. The van der Waals surface area contributed by atoms with Crippen LogP contribution in [0.3, 0.4) is 0 Å². The van der Waals surface area contributed by atoms with Crippen molar-refractivity contribution >= 4 is 28.1 Å². The maximum absolute atomic E-state index is 13.8. The number of carbonyl (C=O) groups is 1. The third-order valence-electron chi connectivity index (χ3n) is 7.07. The molecule has 6 rings (SSSR count). The van der Waals surface area contributed by atoms with Crippen LogP contribution < -0.4 is 0 Å². The largest absolute Gasteiger partial charge is 0.336 e. The number of amides is 1. The van der Waals surface area contributed by atoms with Crippen LogP contribution in [0.1, 0.15) is 40.9 Å². The number of benzene rings is 1. The van der Waals surface area contributed by atoms with Crippen LogP contribution in [-0.2, 0) is 0 Å². The Kier molecular flexibility index (Phi) is 5.42. The zero-order valence-electron chi connectivity index (χ0n) is 19.5. The summed E-state index contributed by atoms with van der Waals surface area (Å²) in [6, 6.07) is 8.64. The lowest BCUT2D eigenvalue weighted by atomic mass is 10.1. The van der Waals surface area contributed by atoms with Crippen molar-refractivity contribution in [3.8, 4) is 21.1 Å². The number of nitrogens with zero attached hydrogens (tertiary/aromatic N) is 5. The van der Waals surface area contributed by atoms with Crippen LogP contribution in [0, 0.1) is 13.8 Å². The molecule has 3 aromatic heterocycles. The van der Waals surface area contributed by atoms with Gasteiger partial charge in [-0.05, 0) is 63.9 Å². The summed E-state index contributed by atoms with van der Waals surface area (Å²) in [5.74, 6) is 0.0132. The van der Waals surface area contributed by atoms with Crippen LogP contribution in [0.2, 0.25) is 0 Å². The Bertz CT molecular complexity index is 1350. The lowest BCUT2D eigenvalue weighted by Gasteiger charge is -2.23. The fourth-order valence-electron chi connectivity index (χ4n) is 5.38. The highest BCUT2D eigenvalue weighted by Crippen LogP contribution is 2.38. The summed E-state index contributed by atoms with van der Waals surface area (Å²) >= 11 is 1.53. The van der Waals surface area contributed by atoms with Crippen LogP contribution in [0.5, 0.6) is 0 Å². The number of fused-ring (bicyclic) bond motifs is 1. The summed E-state index contributed by atoms with van der Waals surface area (Å²) in [7, 11) is 0. The van der Waals surface area contributed by atoms with Gasteiger partial charge in [0.2, 0.25) is 0 Å². The van der Waals surface area contributed by atoms with Crippen LogP contribution >= 0.6 is 11.3 Å². The molecule has 0 radical (unpaired) electrons. The Morgan fingerprint density at radius 2 is 2.03 bits per heavy atom. The van der Waals surface area contributed by atoms with Crippen molar-refractivity contribution < 1.29 is 4.79 Å². The zero-order valence-corrected chi connectivity index (χ0v) is 20.4. The number of thiazole rings is 1. The fourth-order valence-corrected chi connectivity index (χ4v) is 6.44. The molecule has 1 amide bonds. The van der Waals surface area contributed by atoms with Gasteiger partial charge < -0.3 is 4.90 Å². The Balaban J connectivity index is 1.40. The number of nitrogens with one attached hydrogen (secondary N) is 1. The molecule has 2 saturated heterocycles. The molecule has 174 valence electrons. The smallest absolute Gasteiger partial charge is 0.274 e. The van der Waals surface area contributed by atoms with Crippen molar-refractivity contribution in [3.05, 3.63) is 53.5 Å². The van der Waals surface area contributed by atoms with Crippen LogP contribution in [-0.4, -0.2) is 68.1 Å². The minimum absolute atomic E-state index is 0.0132. The normalized spacial score (nSPS) is 18.9. The monoisotopic (exact) mass is 472 g/mol. The van der Waals surface area contributed by atoms with Crippen molar-refractivity contribution in [2.75, 3.05) is 26.2 Å². The lowest BCUT2D eigenvalue weighted by Crippen LogP contribution is -2.37.